The van der Waals surface area contributed by atoms with Crippen molar-refractivity contribution in [2.75, 3.05) is 0 Å². The van der Waals surface area contributed by atoms with Gasteiger partial charge in [0.2, 0.25) is 0 Å². The average Bonchev–Trinajstić information content (AvgIpc) is 2.91. The number of fused-ring (bicyclic) bond motifs is 1. The Kier molecular flexibility index (Phi) is 2.59. The topological polar surface area (TPSA) is 79.1 Å². The van der Waals surface area contributed by atoms with E-state index < -0.39 is 5.97 Å². The predicted molar refractivity (Wildman–Crippen MR) is 69.9 cm³/mol. The first-order valence-corrected chi connectivity index (χ1v) is 5.90. The predicted octanol–water partition coefficient (Wildman–Crippen LogP) is 2.76. The lowest BCUT2D eigenvalue weighted by molar-refractivity contribution is -0.136. The van der Waals surface area contributed by atoms with E-state index in [9.17, 15) is 4.79 Å². The normalized spacial score (nSPS) is 11.0. The van der Waals surface area contributed by atoms with Gasteiger partial charge in [0.05, 0.1) is 12.1 Å². The highest BCUT2D eigenvalue weighted by Crippen LogP contribution is 2.32. The number of H-pyrrole nitrogens is 1. The maximum absolute atomic E-state index is 10.7. The number of aromatic amines is 1. The van der Waals surface area contributed by atoms with E-state index in [0.717, 1.165) is 22.2 Å². The smallest absolute Gasteiger partial charge is 0.309 e. The van der Waals surface area contributed by atoms with Crippen LogP contribution in [0.2, 0.25) is 0 Å². The SMILES string of the molecule is Cc1[nH]c2ccccc2c1-c1cc(CC(=O)O)no1. The molecule has 0 aliphatic rings. The molecular formula is C14H12N2O3. The molecule has 0 aliphatic heterocycles. The van der Waals surface area contributed by atoms with Gasteiger partial charge in [0, 0.05) is 28.2 Å². The summed E-state index contributed by atoms with van der Waals surface area (Å²) in [5, 5.41) is 13.6. The molecule has 0 saturated carbocycles. The number of para-hydroxylation sites is 1. The molecule has 2 heterocycles. The van der Waals surface area contributed by atoms with Crippen LogP contribution >= 0.6 is 0 Å². The van der Waals surface area contributed by atoms with Crippen LogP contribution in [0.3, 0.4) is 0 Å². The van der Waals surface area contributed by atoms with Gasteiger partial charge in [-0.25, -0.2) is 0 Å². The number of nitrogens with zero attached hydrogens (tertiary/aromatic N) is 1. The highest BCUT2D eigenvalue weighted by Gasteiger charge is 2.15. The summed E-state index contributed by atoms with van der Waals surface area (Å²) in [6.07, 6.45) is -0.134. The minimum Gasteiger partial charge on any atom is -0.481 e. The number of hydrogen-bond donors (Lipinski definition) is 2. The number of hydrogen-bond acceptors (Lipinski definition) is 3. The molecule has 96 valence electrons. The number of carboxylic acids is 1. The average molecular weight is 256 g/mol. The molecule has 5 heteroatoms. The number of nitrogens with one attached hydrogen (secondary N) is 1. The molecule has 3 aromatic rings. The summed E-state index contributed by atoms with van der Waals surface area (Å²) in [7, 11) is 0. The third-order valence-corrected chi connectivity index (χ3v) is 3.03. The molecule has 0 unspecified atom stereocenters. The van der Waals surface area contributed by atoms with Crippen LogP contribution in [0.1, 0.15) is 11.4 Å². The van der Waals surface area contributed by atoms with Gasteiger partial charge in [-0.05, 0) is 13.0 Å². The van der Waals surface area contributed by atoms with E-state index in [1.54, 1.807) is 6.07 Å². The Labute approximate surface area is 108 Å². The van der Waals surface area contributed by atoms with Crippen LogP contribution in [-0.4, -0.2) is 21.2 Å². The monoisotopic (exact) mass is 256 g/mol. The van der Waals surface area contributed by atoms with Gasteiger partial charge in [0.1, 0.15) is 0 Å². The molecule has 2 aromatic heterocycles. The summed E-state index contributed by atoms with van der Waals surface area (Å²) >= 11 is 0. The third kappa shape index (κ3) is 1.99. The lowest BCUT2D eigenvalue weighted by Crippen LogP contribution is -1.99. The molecule has 5 nitrogen and oxygen atoms in total. The fraction of sp³-hybridized carbons (Fsp3) is 0.143. The van der Waals surface area contributed by atoms with Crippen molar-refractivity contribution in [2.24, 2.45) is 0 Å². The molecular weight excluding hydrogens is 244 g/mol. The second-order valence-electron chi connectivity index (χ2n) is 4.42. The van der Waals surface area contributed by atoms with Crippen LogP contribution in [0.15, 0.2) is 34.9 Å². The quantitative estimate of drug-likeness (QED) is 0.755. The molecule has 0 saturated heterocycles. The lowest BCUT2D eigenvalue weighted by Gasteiger charge is -1.94. The number of rotatable bonds is 3. The van der Waals surface area contributed by atoms with Crippen molar-refractivity contribution in [1.82, 2.24) is 10.1 Å². The van der Waals surface area contributed by atoms with Crippen molar-refractivity contribution in [1.29, 1.82) is 0 Å². The fourth-order valence-corrected chi connectivity index (χ4v) is 2.26. The Hall–Kier alpha value is -2.56. The largest absolute Gasteiger partial charge is 0.481 e. The molecule has 3 rings (SSSR count). The molecule has 0 aliphatic carbocycles. The van der Waals surface area contributed by atoms with E-state index in [4.69, 9.17) is 9.63 Å². The van der Waals surface area contributed by atoms with Crippen LogP contribution in [-0.2, 0) is 11.2 Å². The van der Waals surface area contributed by atoms with Crippen molar-refractivity contribution in [3.05, 3.63) is 41.7 Å². The van der Waals surface area contributed by atoms with Crippen molar-refractivity contribution in [3.8, 4) is 11.3 Å². The number of aromatic nitrogens is 2. The van der Waals surface area contributed by atoms with Crippen molar-refractivity contribution in [3.63, 3.8) is 0 Å². The van der Waals surface area contributed by atoms with Gasteiger partial charge in [0.25, 0.3) is 0 Å². The number of aliphatic carboxylic acids is 1. The lowest BCUT2D eigenvalue weighted by atomic mass is 10.1. The summed E-state index contributed by atoms with van der Waals surface area (Å²) in [6.45, 7) is 1.95. The van der Waals surface area contributed by atoms with E-state index in [-0.39, 0.29) is 6.42 Å². The Morgan fingerprint density at radius 1 is 1.42 bits per heavy atom. The molecule has 0 spiro atoms. The molecule has 0 fully saturated rings. The van der Waals surface area contributed by atoms with E-state index >= 15 is 0 Å². The highest BCUT2D eigenvalue weighted by atomic mass is 16.5. The van der Waals surface area contributed by atoms with Gasteiger partial charge < -0.3 is 14.6 Å². The number of carboxylic acid groups (broad SMARTS) is 1. The fourth-order valence-electron chi connectivity index (χ4n) is 2.26. The molecule has 0 radical (unpaired) electrons. The Balaban J connectivity index is 2.11. The first-order chi connectivity index (χ1) is 9.15. The van der Waals surface area contributed by atoms with Crippen molar-refractivity contribution < 1.29 is 14.4 Å². The van der Waals surface area contributed by atoms with E-state index in [1.165, 1.54) is 0 Å². The zero-order valence-corrected chi connectivity index (χ0v) is 10.3. The van der Waals surface area contributed by atoms with Crippen LogP contribution in [0.5, 0.6) is 0 Å². The summed E-state index contributed by atoms with van der Waals surface area (Å²) in [6, 6.07) is 9.57. The second-order valence-corrected chi connectivity index (χ2v) is 4.42. The summed E-state index contributed by atoms with van der Waals surface area (Å²) < 4.78 is 5.27. The summed E-state index contributed by atoms with van der Waals surface area (Å²) in [5.41, 5.74) is 3.34. The molecule has 0 atom stereocenters. The van der Waals surface area contributed by atoms with Gasteiger partial charge in [-0.3, -0.25) is 4.79 Å². The van der Waals surface area contributed by atoms with Crippen LogP contribution in [0.4, 0.5) is 0 Å². The van der Waals surface area contributed by atoms with Gasteiger partial charge in [0.15, 0.2) is 5.76 Å². The zero-order valence-electron chi connectivity index (χ0n) is 10.3. The van der Waals surface area contributed by atoms with Crippen LogP contribution < -0.4 is 0 Å². The zero-order chi connectivity index (χ0) is 13.4. The molecule has 2 N–H and O–H groups in total. The van der Waals surface area contributed by atoms with Gasteiger partial charge in [-0.2, -0.15) is 0 Å². The van der Waals surface area contributed by atoms with Crippen LogP contribution in [0, 0.1) is 6.92 Å². The second kappa shape index (κ2) is 4.28. The molecule has 0 amide bonds. The van der Waals surface area contributed by atoms with E-state index in [0.29, 0.717) is 11.5 Å². The first kappa shape index (κ1) is 11.5. The Morgan fingerprint density at radius 2 is 2.21 bits per heavy atom. The van der Waals surface area contributed by atoms with E-state index in [2.05, 4.69) is 10.1 Å². The van der Waals surface area contributed by atoms with Crippen molar-refractivity contribution >= 4 is 16.9 Å². The maximum atomic E-state index is 10.7. The maximum Gasteiger partial charge on any atom is 0.309 e. The Bertz CT molecular complexity index is 755. The molecule has 19 heavy (non-hydrogen) atoms. The van der Waals surface area contributed by atoms with Gasteiger partial charge >= 0.3 is 5.97 Å². The number of carbonyl (C=O) groups is 1. The number of aryl methyl sites for hydroxylation is 1. The third-order valence-electron chi connectivity index (χ3n) is 3.03. The molecule has 1 aromatic carbocycles. The summed E-state index contributed by atoms with van der Waals surface area (Å²) in [5.74, 6) is -0.332. The summed E-state index contributed by atoms with van der Waals surface area (Å²) in [4.78, 5) is 13.9. The Morgan fingerprint density at radius 3 is 3.00 bits per heavy atom. The van der Waals surface area contributed by atoms with Gasteiger partial charge in [-0.1, -0.05) is 23.4 Å². The van der Waals surface area contributed by atoms with Crippen molar-refractivity contribution in [2.45, 2.75) is 13.3 Å². The molecule has 0 bridgehead atoms. The minimum absolute atomic E-state index is 0.134. The van der Waals surface area contributed by atoms with Crippen LogP contribution in [0.25, 0.3) is 22.2 Å². The number of benzene rings is 1. The highest BCUT2D eigenvalue weighted by molar-refractivity contribution is 5.96. The van der Waals surface area contributed by atoms with E-state index in [1.807, 2.05) is 31.2 Å². The van der Waals surface area contributed by atoms with Gasteiger partial charge in [-0.15, -0.1) is 0 Å². The standard InChI is InChI=1S/C14H12N2O3/c1-8-14(10-4-2-3-5-11(10)15-8)12-6-9(16-19-12)7-13(17)18/h2-6,15H,7H2,1H3,(H,17,18). The first-order valence-electron chi connectivity index (χ1n) is 5.90. The minimum atomic E-state index is -0.921.